The van der Waals surface area contributed by atoms with E-state index in [1.54, 1.807) is 16.9 Å². The van der Waals surface area contributed by atoms with Crippen molar-refractivity contribution in [2.75, 3.05) is 5.32 Å². The van der Waals surface area contributed by atoms with Gasteiger partial charge in [0.2, 0.25) is 0 Å². The number of nitrogens with one attached hydrogen (secondary N) is 1. The molecule has 23 heavy (non-hydrogen) atoms. The first-order valence-corrected chi connectivity index (χ1v) is 7.16. The Morgan fingerprint density at radius 3 is 2.57 bits per heavy atom. The van der Waals surface area contributed by atoms with Crippen LogP contribution < -0.4 is 5.32 Å². The molecule has 3 aromatic rings. The summed E-state index contributed by atoms with van der Waals surface area (Å²) in [5.41, 5.74) is 2.13. The molecular weight excluding hydrogens is 326 g/mol. The summed E-state index contributed by atoms with van der Waals surface area (Å²) < 4.78 is 34.3. The minimum absolute atomic E-state index is 0.000413. The zero-order valence-corrected chi connectivity index (χ0v) is 13.2. The fourth-order valence-corrected chi connectivity index (χ4v) is 2.35. The van der Waals surface area contributed by atoms with E-state index in [1.807, 2.05) is 14.0 Å². The number of hydrogen-bond donors (Lipinski definition) is 1. The van der Waals surface area contributed by atoms with Crippen molar-refractivity contribution in [3.05, 3.63) is 52.5 Å². The Balaban J connectivity index is 1.77. The van der Waals surface area contributed by atoms with Crippen LogP contribution >= 0.6 is 11.6 Å². The highest BCUT2D eigenvalue weighted by atomic mass is 35.5. The molecule has 0 spiro atoms. The van der Waals surface area contributed by atoms with Crippen LogP contribution in [0.1, 0.15) is 11.5 Å². The van der Waals surface area contributed by atoms with Gasteiger partial charge < -0.3 is 9.84 Å². The number of nitrogens with zero attached hydrogens (tertiary/aromatic N) is 3. The summed E-state index contributed by atoms with van der Waals surface area (Å²) in [5, 5.41) is 10.7. The average Bonchev–Trinajstić information content (AvgIpc) is 3.06. The van der Waals surface area contributed by atoms with Gasteiger partial charge in [-0.15, -0.1) is 0 Å². The molecule has 1 aromatic carbocycles. The van der Waals surface area contributed by atoms with Crippen LogP contribution in [0, 0.1) is 18.6 Å². The predicted molar refractivity (Wildman–Crippen MR) is 82.1 cm³/mol. The topological polar surface area (TPSA) is 55.9 Å². The van der Waals surface area contributed by atoms with Gasteiger partial charge in [0.15, 0.2) is 17.4 Å². The normalized spacial score (nSPS) is 11.0. The maximum Gasteiger partial charge on any atom is 0.156 e. The number of rotatable bonds is 4. The highest BCUT2D eigenvalue weighted by Gasteiger charge is 2.14. The average molecular weight is 339 g/mol. The van der Waals surface area contributed by atoms with E-state index in [4.69, 9.17) is 16.1 Å². The SMILES string of the molecule is Cc1c(-c2cc(CNc3c(F)cc(Cl)cc3F)on2)cnn1C. The fraction of sp³-hybridized carbons (Fsp3) is 0.200. The van der Waals surface area contributed by atoms with Crippen molar-refractivity contribution in [1.29, 1.82) is 0 Å². The molecule has 0 atom stereocenters. The molecule has 2 heterocycles. The molecule has 0 fully saturated rings. The van der Waals surface area contributed by atoms with Gasteiger partial charge in [0.25, 0.3) is 0 Å². The summed E-state index contributed by atoms with van der Waals surface area (Å²) in [6, 6.07) is 3.78. The molecule has 0 aliphatic rings. The predicted octanol–water partition coefficient (Wildman–Crippen LogP) is 3.93. The van der Waals surface area contributed by atoms with Crippen LogP contribution in [0.2, 0.25) is 5.02 Å². The molecule has 0 amide bonds. The summed E-state index contributed by atoms with van der Waals surface area (Å²) in [7, 11) is 1.83. The molecule has 0 bridgehead atoms. The highest BCUT2D eigenvalue weighted by Crippen LogP contribution is 2.25. The smallest absolute Gasteiger partial charge is 0.156 e. The Hall–Kier alpha value is -2.41. The molecule has 0 aliphatic heterocycles. The van der Waals surface area contributed by atoms with E-state index in [-0.39, 0.29) is 17.3 Å². The second-order valence-electron chi connectivity index (χ2n) is 5.04. The van der Waals surface area contributed by atoms with E-state index < -0.39 is 11.6 Å². The quantitative estimate of drug-likeness (QED) is 0.783. The molecule has 120 valence electrons. The van der Waals surface area contributed by atoms with Crippen LogP contribution in [0.4, 0.5) is 14.5 Å². The number of aryl methyl sites for hydroxylation is 1. The summed E-state index contributed by atoms with van der Waals surface area (Å²) in [6.07, 6.45) is 1.68. The van der Waals surface area contributed by atoms with Gasteiger partial charge in [-0.05, 0) is 19.1 Å². The summed E-state index contributed by atoms with van der Waals surface area (Å²) in [5.74, 6) is -1.09. The third-order valence-corrected chi connectivity index (χ3v) is 3.73. The van der Waals surface area contributed by atoms with E-state index in [0.29, 0.717) is 11.5 Å². The number of anilines is 1. The van der Waals surface area contributed by atoms with Crippen molar-refractivity contribution in [2.24, 2.45) is 7.05 Å². The Morgan fingerprint density at radius 2 is 1.96 bits per heavy atom. The third-order valence-electron chi connectivity index (χ3n) is 3.52. The standard InChI is InChI=1S/C15H13ClF2N4O/c1-8-11(7-20-22(8)2)14-5-10(23-21-14)6-19-15-12(17)3-9(16)4-13(15)18/h3-5,7,19H,6H2,1-2H3. The molecule has 1 N–H and O–H groups in total. The number of benzene rings is 1. The van der Waals surface area contributed by atoms with Crippen molar-refractivity contribution in [3.8, 4) is 11.3 Å². The first-order chi connectivity index (χ1) is 11.0. The molecule has 5 nitrogen and oxygen atoms in total. The zero-order chi connectivity index (χ0) is 16.6. The van der Waals surface area contributed by atoms with E-state index in [9.17, 15) is 8.78 Å². The van der Waals surface area contributed by atoms with Crippen molar-refractivity contribution < 1.29 is 13.3 Å². The Bertz CT molecular complexity index is 836. The van der Waals surface area contributed by atoms with Crippen LogP contribution in [0.15, 0.2) is 28.9 Å². The fourth-order valence-electron chi connectivity index (χ4n) is 2.16. The molecule has 3 rings (SSSR count). The van der Waals surface area contributed by atoms with E-state index in [1.165, 1.54) is 0 Å². The van der Waals surface area contributed by atoms with Gasteiger partial charge in [0.05, 0.1) is 12.7 Å². The van der Waals surface area contributed by atoms with Crippen LogP contribution in [-0.2, 0) is 13.6 Å². The minimum atomic E-state index is -0.766. The molecule has 8 heteroatoms. The lowest BCUT2D eigenvalue weighted by molar-refractivity contribution is 0.389. The Morgan fingerprint density at radius 1 is 1.26 bits per heavy atom. The minimum Gasteiger partial charge on any atom is -0.373 e. The summed E-state index contributed by atoms with van der Waals surface area (Å²) in [6.45, 7) is 2.00. The number of halogens is 3. The first kappa shape index (κ1) is 15.5. The van der Waals surface area contributed by atoms with Gasteiger partial charge >= 0.3 is 0 Å². The molecule has 0 unspecified atom stereocenters. The molecular formula is C15H13ClF2N4O. The van der Waals surface area contributed by atoms with Gasteiger partial charge in [-0.3, -0.25) is 4.68 Å². The molecule has 0 aliphatic carbocycles. The van der Waals surface area contributed by atoms with E-state index >= 15 is 0 Å². The first-order valence-electron chi connectivity index (χ1n) is 6.78. The molecule has 0 saturated heterocycles. The second-order valence-corrected chi connectivity index (χ2v) is 5.48. The van der Waals surface area contributed by atoms with Gasteiger partial charge in [-0.2, -0.15) is 5.10 Å². The van der Waals surface area contributed by atoms with E-state index in [2.05, 4.69) is 15.6 Å². The van der Waals surface area contributed by atoms with Crippen LogP contribution in [0.5, 0.6) is 0 Å². The monoisotopic (exact) mass is 338 g/mol. The van der Waals surface area contributed by atoms with Crippen molar-refractivity contribution in [1.82, 2.24) is 14.9 Å². The second kappa shape index (κ2) is 6.00. The highest BCUT2D eigenvalue weighted by molar-refractivity contribution is 6.30. The van der Waals surface area contributed by atoms with Crippen molar-refractivity contribution >= 4 is 17.3 Å². The number of hydrogen-bond acceptors (Lipinski definition) is 4. The Kier molecular flexibility index (Phi) is 4.04. The van der Waals surface area contributed by atoms with Crippen LogP contribution in [0.3, 0.4) is 0 Å². The van der Waals surface area contributed by atoms with Gasteiger partial charge in [-0.25, -0.2) is 8.78 Å². The number of aromatic nitrogens is 3. The maximum absolute atomic E-state index is 13.7. The summed E-state index contributed by atoms with van der Waals surface area (Å²) >= 11 is 5.58. The summed E-state index contributed by atoms with van der Waals surface area (Å²) in [4.78, 5) is 0. The lowest BCUT2D eigenvalue weighted by Crippen LogP contribution is -2.03. The van der Waals surface area contributed by atoms with Crippen LogP contribution in [-0.4, -0.2) is 14.9 Å². The largest absolute Gasteiger partial charge is 0.373 e. The lowest BCUT2D eigenvalue weighted by atomic mass is 10.2. The lowest BCUT2D eigenvalue weighted by Gasteiger charge is -2.07. The van der Waals surface area contributed by atoms with Crippen molar-refractivity contribution in [2.45, 2.75) is 13.5 Å². The molecule has 0 saturated carbocycles. The molecule has 0 radical (unpaired) electrons. The van der Waals surface area contributed by atoms with Crippen molar-refractivity contribution in [3.63, 3.8) is 0 Å². The third kappa shape index (κ3) is 3.05. The molecule has 2 aromatic heterocycles. The maximum atomic E-state index is 13.7. The van der Waals surface area contributed by atoms with Crippen LogP contribution in [0.25, 0.3) is 11.3 Å². The van der Waals surface area contributed by atoms with Gasteiger partial charge in [0.1, 0.15) is 11.4 Å². The van der Waals surface area contributed by atoms with Gasteiger partial charge in [-0.1, -0.05) is 16.8 Å². The zero-order valence-electron chi connectivity index (χ0n) is 12.4. The van der Waals surface area contributed by atoms with E-state index in [0.717, 1.165) is 23.4 Å². The van der Waals surface area contributed by atoms with Gasteiger partial charge in [0, 0.05) is 29.4 Å². The Labute approximate surface area is 135 Å².